The smallest absolute Gasteiger partial charge is 0.191 e. The molecule has 3 heterocycles. The van der Waals surface area contributed by atoms with Crippen molar-refractivity contribution in [2.45, 2.75) is 33.4 Å². The first kappa shape index (κ1) is 18.3. The maximum absolute atomic E-state index is 5.39. The summed E-state index contributed by atoms with van der Waals surface area (Å²) >= 11 is 1.74. The number of guanidine groups is 1. The second-order valence-electron chi connectivity index (χ2n) is 6.13. The van der Waals surface area contributed by atoms with Gasteiger partial charge in [0, 0.05) is 36.1 Å². The van der Waals surface area contributed by atoms with Crippen LogP contribution in [0.15, 0.2) is 45.3 Å². The summed E-state index contributed by atoms with van der Waals surface area (Å²) in [6.45, 7) is 6.23. The van der Waals surface area contributed by atoms with E-state index in [-0.39, 0.29) is 0 Å². The minimum Gasteiger partial charge on any atom is -0.469 e. The molecule has 0 aliphatic rings. The molecule has 3 aromatic rings. The molecule has 0 unspecified atom stereocenters. The van der Waals surface area contributed by atoms with Crippen LogP contribution in [0.25, 0.3) is 0 Å². The molecule has 0 radical (unpaired) electrons. The topological polar surface area (TPSA) is 67.4 Å². The van der Waals surface area contributed by atoms with Crippen molar-refractivity contribution in [1.82, 2.24) is 20.4 Å². The monoisotopic (exact) mass is 371 g/mol. The zero-order chi connectivity index (χ0) is 18.4. The fourth-order valence-corrected chi connectivity index (χ4v) is 3.37. The summed E-state index contributed by atoms with van der Waals surface area (Å²) < 4.78 is 7.29. The van der Waals surface area contributed by atoms with E-state index in [0.29, 0.717) is 6.54 Å². The third kappa shape index (κ3) is 4.76. The van der Waals surface area contributed by atoms with Crippen LogP contribution in [0.2, 0.25) is 0 Å². The van der Waals surface area contributed by atoms with E-state index in [4.69, 9.17) is 9.41 Å². The predicted octanol–water partition coefficient (Wildman–Crippen LogP) is 3.17. The van der Waals surface area contributed by atoms with Crippen molar-refractivity contribution in [3.63, 3.8) is 0 Å². The Balaban J connectivity index is 1.64. The lowest BCUT2D eigenvalue weighted by atomic mass is 10.2. The van der Waals surface area contributed by atoms with Gasteiger partial charge in [0.15, 0.2) is 5.96 Å². The number of nitrogens with one attached hydrogen (secondary N) is 2. The van der Waals surface area contributed by atoms with Crippen LogP contribution in [0.4, 0.5) is 0 Å². The Morgan fingerprint density at radius 3 is 2.81 bits per heavy atom. The van der Waals surface area contributed by atoms with Crippen molar-refractivity contribution in [3.05, 3.63) is 63.5 Å². The van der Waals surface area contributed by atoms with Crippen LogP contribution in [0.5, 0.6) is 0 Å². The van der Waals surface area contributed by atoms with Crippen molar-refractivity contribution in [2.75, 3.05) is 6.54 Å². The zero-order valence-corrected chi connectivity index (χ0v) is 16.3. The molecule has 0 bridgehead atoms. The van der Waals surface area contributed by atoms with E-state index in [2.05, 4.69) is 40.2 Å². The number of hydrogen-bond donors (Lipinski definition) is 2. The van der Waals surface area contributed by atoms with Gasteiger partial charge in [-0.05, 0) is 37.4 Å². The molecule has 7 heteroatoms. The van der Waals surface area contributed by atoms with Crippen LogP contribution >= 0.6 is 11.3 Å². The minimum absolute atomic E-state index is 0.603. The van der Waals surface area contributed by atoms with E-state index in [0.717, 1.165) is 42.6 Å². The van der Waals surface area contributed by atoms with Crippen molar-refractivity contribution < 1.29 is 4.42 Å². The Bertz CT molecular complexity index is 834. The number of thiophene rings is 1. The zero-order valence-electron chi connectivity index (χ0n) is 15.5. The molecule has 0 aliphatic heterocycles. The number of aromatic nitrogens is 2. The molecule has 0 amide bonds. The molecule has 0 saturated carbocycles. The lowest BCUT2D eigenvalue weighted by Gasteiger charge is -2.12. The van der Waals surface area contributed by atoms with E-state index in [9.17, 15) is 0 Å². The lowest BCUT2D eigenvalue weighted by molar-refractivity contribution is 0.506. The molecule has 0 aliphatic carbocycles. The summed E-state index contributed by atoms with van der Waals surface area (Å²) in [5, 5.41) is 13.4. The van der Waals surface area contributed by atoms with Gasteiger partial charge in [-0.25, -0.2) is 4.99 Å². The van der Waals surface area contributed by atoms with Gasteiger partial charge < -0.3 is 15.1 Å². The third-order valence-corrected chi connectivity index (χ3v) is 5.18. The first-order valence-corrected chi connectivity index (χ1v) is 9.57. The number of aliphatic imine (C=N–C) groups is 1. The quantitative estimate of drug-likeness (QED) is 0.494. The van der Waals surface area contributed by atoms with Crippen LogP contribution in [-0.4, -0.2) is 22.3 Å². The lowest BCUT2D eigenvalue weighted by Crippen LogP contribution is -2.38. The molecule has 0 atom stereocenters. The van der Waals surface area contributed by atoms with Crippen molar-refractivity contribution in [2.24, 2.45) is 12.0 Å². The molecule has 6 nitrogen and oxygen atoms in total. The molecular formula is C19H25N5OS. The van der Waals surface area contributed by atoms with E-state index >= 15 is 0 Å². The van der Waals surface area contributed by atoms with Gasteiger partial charge in [0.2, 0.25) is 0 Å². The standard InChI is InChI=1S/C19H25N5OS/c1-14-18(15(2)24(3)23-14)13-22-19(21-12-17-7-5-11-26-17)20-9-8-16-6-4-10-25-16/h4-7,10-11H,8-9,12-13H2,1-3H3,(H2,20,21,22). The summed E-state index contributed by atoms with van der Waals surface area (Å²) in [4.78, 5) is 6.04. The van der Waals surface area contributed by atoms with Crippen LogP contribution in [0.1, 0.15) is 27.6 Å². The molecule has 0 spiro atoms. The van der Waals surface area contributed by atoms with Gasteiger partial charge in [-0.2, -0.15) is 5.10 Å². The number of aryl methyl sites for hydroxylation is 2. The minimum atomic E-state index is 0.603. The van der Waals surface area contributed by atoms with Gasteiger partial charge in [-0.3, -0.25) is 4.68 Å². The summed E-state index contributed by atoms with van der Waals surface area (Å²) in [7, 11) is 1.97. The molecule has 26 heavy (non-hydrogen) atoms. The second-order valence-corrected chi connectivity index (χ2v) is 7.16. The fourth-order valence-electron chi connectivity index (χ4n) is 2.72. The summed E-state index contributed by atoms with van der Waals surface area (Å²) in [5.41, 5.74) is 3.36. The second kappa shape index (κ2) is 8.71. The van der Waals surface area contributed by atoms with Crippen molar-refractivity contribution >= 4 is 17.3 Å². The first-order valence-electron chi connectivity index (χ1n) is 8.69. The number of rotatable bonds is 7. The molecule has 3 aromatic heterocycles. The normalized spacial score (nSPS) is 11.7. The molecule has 138 valence electrons. The van der Waals surface area contributed by atoms with E-state index in [1.54, 1.807) is 17.6 Å². The molecule has 0 aromatic carbocycles. The van der Waals surface area contributed by atoms with Crippen LogP contribution in [0.3, 0.4) is 0 Å². The van der Waals surface area contributed by atoms with Crippen LogP contribution in [-0.2, 0) is 26.6 Å². The van der Waals surface area contributed by atoms with Crippen LogP contribution in [0, 0.1) is 13.8 Å². The molecule has 0 fully saturated rings. The number of hydrogen-bond acceptors (Lipinski definition) is 4. The van der Waals surface area contributed by atoms with E-state index < -0.39 is 0 Å². The summed E-state index contributed by atoms with van der Waals surface area (Å²) in [6, 6.07) is 8.08. The van der Waals surface area contributed by atoms with Crippen molar-refractivity contribution in [1.29, 1.82) is 0 Å². The highest BCUT2D eigenvalue weighted by Crippen LogP contribution is 2.13. The SMILES string of the molecule is Cc1nn(C)c(C)c1CN=C(NCCc1ccco1)NCc1cccs1. The van der Waals surface area contributed by atoms with Gasteiger partial charge in [-0.1, -0.05) is 6.07 Å². The maximum Gasteiger partial charge on any atom is 0.191 e. The summed E-state index contributed by atoms with van der Waals surface area (Å²) in [5.74, 6) is 1.77. The Hall–Kier alpha value is -2.54. The molecule has 3 rings (SSSR count). The predicted molar refractivity (Wildman–Crippen MR) is 105 cm³/mol. The Labute approximate surface area is 158 Å². The highest BCUT2D eigenvalue weighted by Gasteiger charge is 2.09. The Morgan fingerprint density at radius 1 is 1.27 bits per heavy atom. The first-order chi connectivity index (χ1) is 12.6. The van der Waals surface area contributed by atoms with Gasteiger partial charge in [0.25, 0.3) is 0 Å². The number of furan rings is 1. The van der Waals surface area contributed by atoms with Gasteiger partial charge in [0.1, 0.15) is 5.76 Å². The van der Waals surface area contributed by atoms with Gasteiger partial charge in [0.05, 0.1) is 25.0 Å². The fraction of sp³-hybridized carbons (Fsp3) is 0.368. The molecule has 2 N–H and O–H groups in total. The molecule has 0 saturated heterocycles. The van der Waals surface area contributed by atoms with Crippen molar-refractivity contribution in [3.8, 4) is 0 Å². The van der Waals surface area contributed by atoms with Crippen LogP contribution < -0.4 is 10.6 Å². The highest BCUT2D eigenvalue weighted by atomic mass is 32.1. The van der Waals surface area contributed by atoms with Gasteiger partial charge in [-0.15, -0.1) is 11.3 Å². The average Bonchev–Trinajstić information content (AvgIpc) is 3.36. The maximum atomic E-state index is 5.39. The van der Waals surface area contributed by atoms with E-state index in [1.807, 2.05) is 30.8 Å². The Morgan fingerprint density at radius 2 is 2.15 bits per heavy atom. The largest absolute Gasteiger partial charge is 0.469 e. The third-order valence-electron chi connectivity index (χ3n) is 4.31. The summed E-state index contributed by atoms with van der Waals surface area (Å²) in [6.07, 6.45) is 2.52. The average molecular weight is 372 g/mol. The molecular weight excluding hydrogens is 346 g/mol. The Kier molecular flexibility index (Phi) is 6.12. The van der Waals surface area contributed by atoms with E-state index in [1.165, 1.54) is 10.4 Å². The number of nitrogens with zero attached hydrogens (tertiary/aromatic N) is 3. The van der Waals surface area contributed by atoms with Gasteiger partial charge >= 0.3 is 0 Å². The highest BCUT2D eigenvalue weighted by molar-refractivity contribution is 7.09.